The number of halogens is 3. The molecule has 0 bridgehead atoms. The number of benzene rings is 1. The minimum absolute atomic E-state index is 0.727. The molecule has 0 aliphatic heterocycles. The SMILES string of the molecule is C/C(=C\CCBr)c1ccc(F)c(F)c1. The number of allylic oxidation sites excluding steroid dienone is 2. The van der Waals surface area contributed by atoms with Crippen molar-refractivity contribution in [3.63, 3.8) is 0 Å². The average molecular weight is 261 g/mol. The number of hydrogen-bond acceptors (Lipinski definition) is 0. The molecule has 0 radical (unpaired) electrons. The fraction of sp³-hybridized carbons (Fsp3) is 0.273. The summed E-state index contributed by atoms with van der Waals surface area (Å²) in [4.78, 5) is 0. The molecule has 1 aromatic rings. The molecule has 0 aliphatic carbocycles. The Morgan fingerprint density at radius 2 is 2.07 bits per heavy atom. The summed E-state index contributed by atoms with van der Waals surface area (Å²) >= 11 is 3.30. The predicted molar refractivity (Wildman–Crippen MR) is 58.4 cm³/mol. The second-order valence-corrected chi connectivity index (χ2v) is 3.79. The summed E-state index contributed by atoms with van der Waals surface area (Å²) in [6.45, 7) is 1.88. The zero-order valence-corrected chi connectivity index (χ0v) is 9.44. The van der Waals surface area contributed by atoms with E-state index in [2.05, 4.69) is 15.9 Å². The van der Waals surface area contributed by atoms with Gasteiger partial charge in [0.05, 0.1) is 0 Å². The minimum atomic E-state index is -0.804. The van der Waals surface area contributed by atoms with Crippen LogP contribution in [0.4, 0.5) is 8.78 Å². The summed E-state index contributed by atoms with van der Waals surface area (Å²) < 4.78 is 25.5. The Balaban J connectivity index is 2.91. The lowest BCUT2D eigenvalue weighted by Gasteiger charge is -2.01. The van der Waals surface area contributed by atoms with Crippen molar-refractivity contribution < 1.29 is 8.78 Å². The first-order valence-corrected chi connectivity index (χ1v) is 5.45. The molecule has 0 saturated heterocycles. The highest BCUT2D eigenvalue weighted by Gasteiger charge is 2.02. The molecular formula is C11H11BrF2. The van der Waals surface area contributed by atoms with Gasteiger partial charge in [0.2, 0.25) is 0 Å². The van der Waals surface area contributed by atoms with Crippen molar-refractivity contribution in [2.75, 3.05) is 5.33 Å². The quantitative estimate of drug-likeness (QED) is 0.717. The van der Waals surface area contributed by atoms with E-state index in [0.29, 0.717) is 0 Å². The van der Waals surface area contributed by atoms with Crippen molar-refractivity contribution in [3.8, 4) is 0 Å². The summed E-state index contributed by atoms with van der Waals surface area (Å²) in [5.74, 6) is -1.60. The standard InChI is InChI=1S/C11H11BrF2/c1-8(3-2-6-12)9-4-5-10(13)11(14)7-9/h3-5,7H,2,6H2,1H3/b8-3+. The van der Waals surface area contributed by atoms with Crippen molar-refractivity contribution in [3.05, 3.63) is 41.5 Å². The van der Waals surface area contributed by atoms with Gasteiger partial charge in [0.25, 0.3) is 0 Å². The molecule has 0 heterocycles. The Hall–Kier alpha value is -0.700. The second kappa shape index (κ2) is 5.25. The highest BCUT2D eigenvalue weighted by Crippen LogP contribution is 2.17. The Labute approximate surface area is 90.8 Å². The Kier molecular flexibility index (Phi) is 4.26. The van der Waals surface area contributed by atoms with Crippen LogP contribution in [0.25, 0.3) is 5.57 Å². The van der Waals surface area contributed by atoms with Gasteiger partial charge in [0.1, 0.15) is 0 Å². The van der Waals surface area contributed by atoms with Gasteiger partial charge in [0.15, 0.2) is 11.6 Å². The molecule has 3 heteroatoms. The van der Waals surface area contributed by atoms with Crippen LogP contribution in [0.1, 0.15) is 18.9 Å². The lowest BCUT2D eigenvalue weighted by molar-refractivity contribution is 0.508. The maximum absolute atomic E-state index is 12.9. The van der Waals surface area contributed by atoms with Crippen molar-refractivity contribution in [1.29, 1.82) is 0 Å². The summed E-state index contributed by atoms with van der Waals surface area (Å²) in [7, 11) is 0. The molecule has 0 fully saturated rings. The molecule has 0 spiro atoms. The molecule has 0 nitrogen and oxygen atoms in total. The van der Waals surface area contributed by atoms with E-state index in [0.717, 1.165) is 29.0 Å². The zero-order chi connectivity index (χ0) is 10.6. The third kappa shape index (κ3) is 2.91. The lowest BCUT2D eigenvalue weighted by atomic mass is 10.1. The molecule has 0 N–H and O–H groups in total. The average Bonchev–Trinajstić information content (AvgIpc) is 2.18. The number of hydrogen-bond donors (Lipinski definition) is 0. The first kappa shape index (κ1) is 11.4. The van der Waals surface area contributed by atoms with Crippen molar-refractivity contribution in [2.45, 2.75) is 13.3 Å². The molecule has 0 aliphatic rings. The monoisotopic (exact) mass is 260 g/mol. The highest BCUT2D eigenvalue weighted by atomic mass is 79.9. The summed E-state index contributed by atoms with van der Waals surface area (Å²) in [6, 6.07) is 3.95. The molecule has 0 unspecified atom stereocenters. The van der Waals surface area contributed by atoms with Crippen LogP contribution in [-0.4, -0.2) is 5.33 Å². The van der Waals surface area contributed by atoms with Gasteiger partial charge in [-0.25, -0.2) is 8.78 Å². The molecule has 14 heavy (non-hydrogen) atoms. The maximum atomic E-state index is 12.9. The number of alkyl halides is 1. The minimum Gasteiger partial charge on any atom is -0.204 e. The van der Waals surface area contributed by atoms with Crippen molar-refractivity contribution >= 4 is 21.5 Å². The molecule has 1 rings (SSSR count). The lowest BCUT2D eigenvalue weighted by Crippen LogP contribution is -1.87. The molecule has 0 aromatic heterocycles. The smallest absolute Gasteiger partial charge is 0.159 e. The van der Waals surface area contributed by atoms with Crippen LogP contribution in [0.3, 0.4) is 0 Å². The van der Waals surface area contributed by atoms with Gasteiger partial charge >= 0.3 is 0 Å². The van der Waals surface area contributed by atoms with E-state index in [1.54, 1.807) is 6.07 Å². The predicted octanol–water partition coefficient (Wildman–Crippen LogP) is 4.15. The molecule has 0 saturated carbocycles. The first-order valence-electron chi connectivity index (χ1n) is 4.33. The Morgan fingerprint density at radius 3 is 2.64 bits per heavy atom. The molecule has 0 amide bonds. The van der Waals surface area contributed by atoms with E-state index in [1.807, 2.05) is 13.0 Å². The van der Waals surface area contributed by atoms with E-state index >= 15 is 0 Å². The van der Waals surface area contributed by atoms with Gasteiger partial charge in [-0.1, -0.05) is 28.1 Å². The third-order valence-corrected chi connectivity index (χ3v) is 2.39. The van der Waals surface area contributed by atoms with Crippen LogP contribution in [0.2, 0.25) is 0 Å². The van der Waals surface area contributed by atoms with Gasteiger partial charge in [0, 0.05) is 5.33 Å². The van der Waals surface area contributed by atoms with Gasteiger partial charge in [-0.3, -0.25) is 0 Å². The van der Waals surface area contributed by atoms with Gasteiger partial charge < -0.3 is 0 Å². The van der Waals surface area contributed by atoms with Crippen LogP contribution in [-0.2, 0) is 0 Å². The topological polar surface area (TPSA) is 0 Å². The Morgan fingerprint density at radius 1 is 1.36 bits per heavy atom. The fourth-order valence-corrected chi connectivity index (χ4v) is 1.36. The van der Waals surface area contributed by atoms with Crippen LogP contribution >= 0.6 is 15.9 Å². The maximum Gasteiger partial charge on any atom is 0.159 e. The molecular weight excluding hydrogens is 250 g/mol. The third-order valence-electron chi connectivity index (χ3n) is 1.93. The summed E-state index contributed by atoms with van der Waals surface area (Å²) in [5, 5.41) is 0.869. The van der Waals surface area contributed by atoms with Crippen LogP contribution in [0.15, 0.2) is 24.3 Å². The van der Waals surface area contributed by atoms with E-state index in [4.69, 9.17) is 0 Å². The Bertz CT molecular complexity index is 345. The second-order valence-electron chi connectivity index (χ2n) is 2.99. The molecule has 0 atom stereocenters. The van der Waals surface area contributed by atoms with E-state index in [1.165, 1.54) is 6.07 Å². The molecule has 1 aromatic carbocycles. The van der Waals surface area contributed by atoms with E-state index in [9.17, 15) is 8.78 Å². The number of rotatable bonds is 3. The van der Waals surface area contributed by atoms with E-state index < -0.39 is 11.6 Å². The van der Waals surface area contributed by atoms with Crippen molar-refractivity contribution in [2.24, 2.45) is 0 Å². The summed E-state index contributed by atoms with van der Waals surface area (Å²) in [5.41, 5.74) is 1.69. The normalized spacial score (nSPS) is 11.9. The van der Waals surface area contributed by atoms with E-state index in [-0.39, 0.29) is 0 Å². The molecule has 76 valence electrons. The van der Waals surface area contributed by atoms with Crippen molar-refractivity contribution in [1.82, 2.24) is 0 Å². The first-order chi connectivity index (χ1) is 6.65. The highest BCUT2D eigenvalue weighted by molar-refractivity contribution is 9.09. The summed E-state index contributed by atoms with van der Waals surface area (Å²) in [6.07, 6.45) is 2.87. The van der Waals surface area contributed by atoms with Crippen LogP contribution < -0.4 is 0 Å². The fourth-order valence-electron chi connectivity index (χ4n) is 1.13. The van der Waals surface area contributed by atoms with Crippen LogP contribution in [0.5, 0.6) is 0 Å². The van der Waals surface area contributed by atoms with Gasteiger partial charge in [-0.15, -0.1) is 0 Å². The largest absolute Gasteiger partial charge is 0.204 e. The zero-order valence-electron chi connectivity index (χ0n) is 7.86. The van der Waals surface area contributed by atoms with Crippen LogP contribution in [0, 0.1) is 11.6 Å². The van der Waals surface area contributed by atoms with Gasteiger partial charge in [-0.2, -0.15) is 0 Å². The van der Waals surface area contributed by atoms with Gasteiger partial charge in [-0.05, 0) is 36.6 Å².